The minimum absolute atomic E-state index is 0.0964. The van der Waals surface area contributed by atoms with E-state index in [1.807, 2.05) is 30.3 Å². The summed E-state index contributed by atoms with van der Waals surface area (Å²) in [4.78, 5) is 37.0. The van der Waals surface area contributed by atoms with Gasteiger partial charge in [0, 0.05) is 18.7 Å². The molecule has 2 N–H and O–H groups in total. The molecule has 0 saturated carbocycles. The van der Waals surface area contributed by atoms with Crippen molar-refractivity contribution in [2.24, 2.45) is 0 Å². The second kappa shape index (κ2) is 15.6. The molecule has 0 aliphatic carbocycles. The maximum atomic E-state index is 12.9. The van der Waals surface area contributed by atoms with Gasteiger partial charge in [-0.25, -0.2) is 4.79 Å². The first-order chi connectivity index (χ1) is 16.1. The average molecular weight is 453 g/mol. The fraction of sp³-hybridized carbons (Fsp3) is 0.385. The van der Waals surface area contributed by atoms with Crippen LogP contribution in [0.15, 0.2) is 54.6 Å². The van der Waals surface area contributed by atoms with Crippen LogP contribution in [0.2, 0.25) is 0 Å². The third kappa shape index (κ3) is 10.8. The third-order valence-corrected chi connectivity index (χ3v) is 4.83. The Morgan fingerprint density at radius 3 is 2.48 bits per heavy atom. The molecule has 1 amide bonds. The van der Waals surface area contributed by atoms with Crippen molar-refractivity contribution in [1.29, 1.82) is 0 Å². The lowest BCUT2D eigenvalue weighted by atomic mass is 10.0. The van der Waals surface area contributed by atoms with Gasteiger partial charge in [-0.15, -0.1) is 0 Å². The molecule has 0 spiro atoms. The lowest BCUT2D eigenvalue weighted by Crippen LogP contribution is -2.47. The zero-order valence-electron chi connectivity index (χ0n) is 19.0. The van der Waals surface area contributed by atoms with Crippen LogP contribution in [0.3, 0.4) is 0 Å². The highest BCUT2D eigenvalue weighted by Gasteiger charge is 2.22. The molecule has 2 rings (SSSR count). The van der Waals surface area contributed by atoms with Crippen LogP contribution in [0, 0.1) is 12.5 Å². The fourth-order valence-corrected chi connectivity index (χ4v) is 3.01. The third-order valence-electron chi connectivity index (χ3n) is 4.83. The normalized spacial score (nSPS) is 11.4. The number of hydrogen-bond acceptors (Lipinski definition) is 6. The maximum Gasteiger partial charge on any atom is 0.408 e. The van der Waals surface area contributed by atoms with Crippen molar-refractivity contribution in [1.82, 2.24) is 10.6 Å². The van der Waals surface area contributed by atoms with E-state index in [4.69, 9.17) is 9.47 Å². The molecule has 176 valence electrons. The Morgan fingerprint density at radius 1 is 1.00 bits per heavy atom. The molecule has 1 atom stereocenters. The smallest absolute Gasteiger partial charge is 0.408 e. The van der Waals surface area contributed by atoms with Gasteiger partial charge in [0.25, 0.3) is 0 Å². The fourth-order valence-electron chi connectivity index (χ4n) is 3.01. The summed E-state index contributed by atoms with van der Waals surface area (Å²) in [6, 6.07) is 17.8. The highest BCUT2D eigenvalue weighted by Crippen LogP contribution is 2.05. The highest BCUT2D eigenvalue weighted by molar-refractivity contribution is 6.01. The molecular formula is C26H32N2O5. The number of rotatable bonds is 15. The van der Waals surface area contributed by atoms with E-state index in [2.05, 4.69) is 23.6 Å². The Labute approximate surface area is 195 Å². The summed E-state index contributed by atoms with van der Waals surface area (Å²) in [6.07, 6.45) is 4.82. The largest absolute Gasteiger partial charge is 0.465 e. The quantitative estimate of drug-likeness (QED) is 0.242. The van der Waals surface area contributed by atoms with Crippen LogP contribution < -0.4 is 10.6 Å². The van der Waals surface area contributed by atoms with Crippen LogP contribution in [-0.4, -0.2) is 43.6 Å². The van der Waals surface area contributed by atoms with Crippen molar-refractivity contribution in [3.05, 3.63) is 78.2 Å². The van der Waals surface area contributed by atoms with Crippen molar-refractivity contribution in [3.63, 3.8) is 0 Å². The van der Waals surface area contributed by atoms with Crippen molar-refractivity contribution in [2.45, 2.75) is 45.3 Å². The van der Waals surface area contributed by atoms with Crippen molar-refractivity contribution >= 4 is 17.8 Å². The first kappa shape index (κ1) is 26.1. The van der Waals surface area contributed by atoms with E-state index >= 15 is 0 Å². The second-order valence-electron chi connectivity index (χ2n) is 7.50. The van der Waals surface area contributed by atoms with Crippen LogP contribution in [0.1, 0.15) is 48.5 Å². The molecule has 2 aromatic carbocycles. The average Bonchev–Trinajstić information content (AvgIpc) is 2.85. The first-order valence-corrected chi connectivity index (χ1v) is 11.3. The monoisotopic (exact) mass is 452 g/mol. The Bertz CT molecular complexity index is 842. The standard InChI is InChI=1S/C26H32N2O5/c1-2-3-4-11-18-32-24(29)16-17-27-19-23(25(30)22-14-9-6-10-15-22)28-26(31)33-20-21-12-7-5-8-13-21/h5,7-10,12-16,23,27H,2-4,11,17-20H2,1H3,(H,28,31). The molecule has 1 unspecified atom stereocenters. The molecule has 2 radical (unpaired) electrons. The van der Waals surface area contributed by atoms with E-state index in [-0.39, 0.29) is 25.5 Å². The van der Waals surface area contributed by atoms with Gasteiger partial charge < -0.3 is 20.1 Å². The number of nitrogens with one attached hydrogen (secondary N) is 2. The predicted octanol–water partition coefficient (Wildman–Crippen LogP) is 3.88. The number of carbonyl (C=O) groups excluding carboxylic acids is 3. The maximum absolute atomic E-state index is 12.9. The number of alkyl carbamates (subject to hydrolysis) is 1. The second-order valence-corrected chi connectivity index (χ2v) is 7.50. The molecular weight excluding hydrogens is 420 g/mol. The Hall–Kier alpha value is -3.19. The van der Waals surface area contributed by atoms with E-state index in [0.29, 0.717) is 12.2 Å². The molecule has 0 fully saturated rings. The van der Waals surface area contributed by atoms with Gasteiger partial charge in [-0.05, 0) is 18.1 Å². The molecule has 33 heavy (non-hydrogen) atoms. The molecule has 0 heterocycles. The van der Waals surface area contributed by atoms with Gasteiger partial charge in [0.15, 0.2) is 5.78 Å². The summed E-state index contributed by atoms with van der Waals surface area (Å²) in [5.41, 5.74) is 1.29. The van der Waals surface area contributed by atoms with E-state index in [1.54, 1.807) is 24.3 Å². The summed E-state index contributed by atoms with van der Waals surface area (Å²) in [7, 11) is 0. The van der Waals surface area contributed by atoms with E-state index in [9.17, 15) is 14.4 Å². The molecule has 2 aromatic rings. The Kier molecular flexibility index (Phi) is 12.3. The number of carbonyl (C=O) groups is 3. The van der Waals surface area contributed by atoms with Gasteiger partial charge in [-0.2, -0.15) is 0 Å². The number of hydrogen-bond donors (Lipinski definition) is 2. The van der Waals surface area contributed by atoms with Crippen molar-refractivity contribution < 1.29 is 23.9 Å². The Morgan fingerprint density at radius 2 is 1.76 bits per heavy atom. The topological polar surface area (TPSA) is 93.7 Å². The molecule has 0 aromatic heterocycles. The predicted molar refractivity (Wildman–Crippen MR) is 125 cm³/mol. The van der Waals surface area contributed by atoms with Crippen LogP contribution >= 0.6 is 0 Å². The minimum Gasteiger partial charge on any atom is -0.465 e. The highest BCUT2D eigenvalue weighted by atomic mass is 16.5. The molecule has 0 bridgehead atoms. The van der Waals surface area contributed by atoms with E-state index in [1.165, 1.54) is 6.42 Å². The summed E-state index contributed by atoms with van der Waals surface area (Å²) < 4.78 is 10.4. The zero-order valence-corrected chi connectivity index (χ0v) is 19.0. The van der Waals surface area contributed by atoms with Gasteiger partial charge in [0.1, 0.15) is 12.6 Å². The van der Waals surface area contributed by atoms with Gasteiger partial charge >= 0.3 is 12.1 Å². The van der Waals surface area contributed by atoms with Gasteiger partial charge in [-0.3, -0.25) is 9.59 Å². The molecule has 7 heteroatoms. The number of benzene rings is 2. The molecule has 0 saturated heterocycles. The lowest BCUT2D eigenvalue weighted by Gasteiger charge is -2.18. The number of esters is 1. The number of amides is 1. The molecule has 0 aliphatic rings. The minimum atomic E-state index is -0.867. The van der Waals surface area contributed by atoms with Crippen LogP contribution in [0.5, 0.6) is 0 Å². The lowest BCUT2D eigenvalue weighted by molar-refractivity contribution is -0.139. The van der Waals surface area contributed by atoms with E-state index in [0.717, 1.165) is 31.2 Å². The number of ketones is 1. The number of unbranched alkanes of at least 4 members (excludes halogenated alkanes) is 3. The van der Waals surface area contributed by atoms with E-state index < -0.39 is 18.1 Å². The summed E-state index contributed by atoms with van der Waals surface area (Å²) >= 11 is 0. The first-order valence-electron chi connectivity index (χ1n) is 11.3. The SMILES string of the molecule is CCCCCCOC(=O)[CH]CNCC(NC(=O)OCc1ccccc1)C(=O)c1cc[c]cc1. The zero-order chi connectivity index (χ0) is 23.7. The van der Waals surface area contributed by atoms with Crippen LogP contribution in [0.4, 0.5) is 4.79 Å². The van der Waals surface area contributed by atoms with Gasteiger partial charge in [0.05, 0.1) is 13.0 Å². The number of Topliss-reactive ketones (excluding diaryl/α,β-unsaturated/α-hetero) is 1. The molecule has 7 nitrogen and oxygen atoms in total. The van der Waals surface area contributed by atoms with Crippen molar-refractivity contribution in [3.8, 4) is 0 Å². The summed E-state index contributed by atoms with van der Waals surface area (Å²) in [5, 5.41) is 5.62. The Balaban J connectivity index is 1.80. The van der Waals surface area contributed by atoms with Crippen molar-refractivity contribution in [2.75, 3.05) is 19.7 Å². The van der Waals surface area contributed by atoms with Gasteiger partial charge in [0.2, 0.25) is 0 Å². The molecule has 0 aliphatic heterocycles. The summed E-state index contributed by atoms with van der Waals surface area (Å²) in [6.45, 7) is 2.95. The summed E-state index contributed by atoms with van der Waals surface area (Å²) in [5.74, 6) is -0.678. The number of ether oxygens (including phenoxy) is 2. The van der Waals surface area contributed by atoms with Crippen LogP contribution in [-0.2, 0) is 20.9 Å². The van der Waals surface area contributed by atoms with Crippen LogP contribution in [0.25, 0.3) is 0 Å². The van der Waals surface area contributed by atoms with Gasteiger partial charge in [-0.1, -0.05) is 80.8 Å².